The number of phenols is 2. The first-order valence-corrected chi connectivity index (χ1v) is 6.79. The SMILES string of the molecule is Cc1cc(CCl)c(O)c(Cc2cc([N+](=O)[O-])ccc2O)c1. The molecule has 2 N–H and O–H groups in total. The van der Waals surface area contributed by atoms with Gasteiger partial charge in [0, 0.05) is 29.7 Å². The maximum Gasteiger partial charge on any atom is 0.269 e. The quantitative estimate of drug-likeness (QED) is 0.513. The lowest BCUT2D eigenvalue weighted by Gasteiger charge is -2.11. The zero-order valence-corrected chi connectivity index (χ0v) is 12.1. The Hall–Kier alpha value is -2.27. The Morgan fingerprint density at radius 1 is 1.14 bits per heavy atom. The molecule has 0 amide bonds. The number of non-ortho nitro benzene ring substituents is 1. The van der Waals surface area contributed by atoms with E-state index < -0.39 is 4.92 Å². The first-order valence-electron chi connectivity index (χ1n) is 6.26. The molecule has 21 heavy (non-hydrogen) atoms. The number of phenolic OH excluding ortho intramolecular Hbond substituents is 2. The van der Waals surface area contributed by atoms with Crippen LogP contribution < -0.4 is 0 Å². The van der Waals surface area contributed by atoms with Crippen LogP contribution in [0.2, 0.25) is 0 Å². The highest BCUT2D eigenvalue weighted by molar-refractivity contribution is 6.17. The number of nitro groups is 1. The van der Waals surface area contributed by atoms with E-state index in [1.807, 2.05) is 6.92 Å². The van der Waals surface area contributed by atoms with Crippen molar-refractivity contribution in [2.75, 3.05) is 0 Å². The molecule has 0 spiro atoms. The number of halogens is 1. The van der Waals surface area contributed by atoms with Crippen molar-refractivity contribution in [2.45, 2.75) is 19.2 Å². The highest BCUT2D eigenvalue weighted by Crippen LogP contribution is 2.31. The van der Waals surface area contributed by atoms with Crippen molar-refractivity contribution in [1.29, 1.82) is 0 Å². The summed E-state index contributed by atoms with van der Waals surface area (Å²) >= 11 is 5.78. The predicted octanol–water partition coefficient (Wildman–Crippen LogP) is 3.64. The standard InChI is InChI=1S/C15H14ClNO4/c1-9-4-11(15(19)12(5-9)8-16)6-10-7-13(17(20)21)2-3-14(10)18/h2-5,7,18-19H,6,8H2,1H3. The maximum atomic E-state index is 10.8. The van der Waals surface area contributed by atoms with Gasteiger partial charge in [0.15, 0.2) is 0 Å². The zero-order valence-electron chi connectivity index (χ0n) is 11.3. The van der Waals surface area contributed by atoms with Gasteiger partial charge in [0.1, 0.15) is 11.5 Å². The molecule has 2 aromatic carbocycles. The van der Waals surface area contributed by atoms with E-state index in [2.05, 4.69) is 0 Å². The third kappa shape index (κ3) is 3.25. The van der Waals surface area contributed by atoms with Crippen molar-refractivity contribution < 1.29 is 15.1 Å². The van der Waals surface area contributed by atoms with Crippen molar-refractivity contribution in [1.82, 2.24) is 0 Å². The number of benzene rings is 2. The lowest BCUT2D eigenvalue weighted by Crippen LogP contribution is -1.96. The lowest BCUT2D eigenvalue weighted by atomic mass is 9.98. The normalized spacial score (nSPS) is 10.6. The van der Waals surface area contributed by atoms with Crippen molar-refractivity contribution in [3.63, 3.8) is 0 Å². The molecule has 0 aromatic heterocycles. The van der Waals surface area contributed by atoms with Crippen molar-refractivity contribution >= 4 is 17.3 Å². The Morgan fingerprint density at radius 2 is 1.81 bits per heavy atom. The Kier molecular flexibility index (Phi) is 4.33. The molecule has 0 atom stereocenters. The first kappa shape index (κ1) is 15.1. The molecule has 2 rings (SSSR count). The van der Waals surface area contributed by atoms with Crippen LogP contribution in [0.4, 0.5) is 5.69 Å². The number of aryl methyl sites for hydroxylation is 1. The van der Waals surface area contributed by atoms with Gasteiger partial charge in [-0.15, -0.1) is 11.6 Å². The number of aromatic hydroxyl groups is 2. The molecule has 110 valence electrons. The molecule has 0 heterocycles. The summed E-state index contributed by atoms with van der Waals surface area (Å²) in [5.41, 5.74) is 2.36. The van der Waals surface area contributed by atoms with E-state index >= 15 is 0 Å². The molecule has 0 unspecified atom stereocenters. The lowest BCUT2D eigenvalue weighted by molar-refractivity contribution is -0.384. The van der Waals surface area contributed by atoms with Gasteiger partial charge in [-0.25, -0.2) is 0 Å². The second-order valence-corrected chi connectivity index (χ2v) is 5.08. The molecule has 0 aliphatic rings. The van der Waals surface area contributed by atoms with Crippen molar-refractivity contribution in [3.05, 3.63) is 62.7 Å². The maximum absolute atomic E-state index is 10.8. The van der Waals surface area contributed by atoms with Crippen LogP contribution in [0.3, 0.4) is 0 Å². The smallest absolute Gasteiger partial charge is 0.269 e. The van der Waals surface area contributed by atoms with Crippen molar-refractivity contribution in [3.8, 4) is 11.5 Å². The Bertz CT molecular complexity index is 700. The minimum atomic E-state index is -0.525. The van der Waals surface area contributed by atoms with Gasteiger partial charge in [-0.05, 0) is 18.6 Å². The van der Waals surface area contributed by atoms with Crippen LogP contribution in [0.1, 0.15) is 22.3 Å². The summed E-state index contributed by atoms with van der Waals surface area (Å²) in [5.74, 6) is 0.178. The largest absolute Gasteiger partial charge is 0.508 e. The van der Waals surface area contributed by atoms with Gasteiger partial charge < -0.3 is 10.2 Å². The van der Waals surface area contributed by atoms with Crippen LogP contribution in [0.25, 0.3) is 0 Å². The van der Waals surface area contributed by atoms with E-state index in [1.165, 1.54) is 18.2 Å². The summed E-state index contributed by atoms with van der Waals surface area (Å²) in [6, 6.07) is 7.36. The molecule has 2 aromatic rings. The summed E-state index contributed by atoms with van der Waals surface area (Å²) in [7, 11) is 0. The third-order valence-electron chi connectivity index (χ3n) is 3.21. The van der Waals surface area contributed by atoms with E-state index in [1.54, 1.807) is 12.1 Å². The van der Waals surface area contributed by atoms with Gasteiger partial charge in [-0.3, -0.25) is 10.1 Å². The van der Waals surface area contributed by atoms with Crippen molar-refractivity contribution in [2.24, 2.45) is 0 Å². The molecular weight excluding hydrogens is 294 g/mol. The third-order valence-corrected chi connectivity index (χ3v) is 3.50. The summed E-state index contributed by atoms with van der Waals surface area (Å²) in [6.07, 6.45) is 0.185. The number of alkyl halides is 1. The zero-order chi connectivity index (χ0) is 15.6. The fourth-order valence-corrected chi connectivity index (χ4v) is 2.41. The summed E-state index contributed by atoms with van der Waals surface area (Å²) in [4.78, 5) is 10.3. The summed E-state index contributed by atoms with van der Waals surface area (Å²) in [5, 5.41) is 30.8. The van der Waals surface area contributed by atoms with E-state index in [9.17, 15) is 20.3 Å². The van der Waals surface area contributed by atoms with E-state index in [-0.39, 0.29) is 29.5 Å². The number of rotatable bonds is 4. The van der Waals surface area contributed by atoms with Crippen LogP contribution in [-0.4, -0.2) is 15.1 Å². The summed E-state index contributed by atoms with van der Waals surface area (Å²) in [6.45, 7) is 1.87. The molecule has 0 saturated heterocycles. The van der Waals surface area contributed by atoms with Gasteiger partial charge in [0.25, 0.3) is 5.69 Å². The highest BCUT2D eigenvalue weighted by atomic mass is 35.5. The van der Waals surface area contributed by atoms with Gasteiger partial charge in [-0.2, -0.15) is 0 Å². The number of hydrogen-bond donors (Lipinski definition) is 2. The Morgan fingerprint density at radius 3 is 2.43 bits per heavy atom. The number of nitrogens with zero attached hydrogens (tertiary/aromatic N) is 1. The van der Waals surface area contributed by atoms with Crippen LogP contribution in [0, 0.1) is 17.0 Å². The van der Waals surface area contributed by atoms with Crippen LogP contribution in [0.15, 0.2) is 30.3 Å². The topological polar surface area (TPSA) is 83.6 Å². The minimum absolute atomic E-state index is 0.0473. The molecule has 0 saturated carbocycles. The number of hydrogen-bond acceptors (Lipinski definition) is 4. The monoisotopic (exact) mass is 307 g/mol. The molecule has 5 nitrogen and oxygen atoms in total. The van der Waals surface area contributed by atoms with Crippen LogP contribution >= 0.6 is 11.6 Å². The van der Waals surface area contributed by atoms with E-state index in [0.717, 1.165) is 5.56 Å². The second-order valence-electron chi connectivity index (χ2n) is 4.81. The molecule has 0 aliphatic heterocycles. The van der Waals surface area contributed by atoms with Crippen LogP contribution in [0.5, 0.6) is 11.5 Å². The average Bonchev–Trinajstić information content (AvgIpc) is 2.44. The molecule has 0 aliphatic carbocycles. The molecule has 0 radical (unpaired) electrons. The molecule has 6 heteroatoms. The fraction of sp³-hybridized carbons (Fsp3) is 0.200. The molecule has 0 bridgehead atoms. The fourth-order valence-electron chi connectivity index (χ4n) is 2.20. The Balaban J connectivity index is 2.45. The van der Waals surface area contributed by atoms with Gasteiger partial charge >= 0.3 is 0 Å². The van der Waals surface area contributed by atoms with E-state index in [0.29, 0.717) is 16.7 Å². The first-order chi connectivity index (χ1) is 9.92. The highest BCUT2D eigenvalue weighted by Gasteiger charge is 2.14. The molecule has 0 fully saturated rings. The average molecular weight is 308 g/mol. The van der Waals surface area contributed by atoms with Gasteiger partial charge in [-0.1, -0.05) is 17.7 Å². The van der Waals surface area contributed by atoms with E-state index in [4.69, 9.17) is 11.6 Å². The number of nitro benzene ring substituents is 1. The Labute approximate surface area is 126 Å². The molecular formula is C15H14ClNO4. The van der Waals surface area contributed by atoms with Gasteiger partial charge in [0.2, 0.25) is 0 Å². The van der Waals surface area contributed by atoms with Crippen LogP contribution in [-0.2, 0) is 12.3 Å². The summed E-state index contributed by atoms with van der Waals surface area (Å²) < 4.78 is 0. The second kappa shape index (κ2) is 6.01. The van der Waals surface area contributed by atoms with Gasteiger partial charge in [0.05, 0.1) is 10.8 Å². The minimum Gasteiger partial charge on any atom is -0.508 e. The predicted molar refractivity (Wildman–Crippen MR) is 80.0 cm³/mol.